The minimum Gasteiger partial charge on any atom is -0.459 e. The standard InChI is InChI=1S/C65H77FN10O17/c1-9-65(89)40-24-45-55-38(29-75(45)58(85)39(40)32-91-60(65)87)54-42(18-17-37-35(2)41(66)25-43(72-55)53(37)54)73-59(86)64(21-13-14-22-64)33-90-34-70-48(78)27-68-56(83)44(23-36-15-11-10-12-16-36)71-49(79)28-67-47(77)26-69-57(84)46(76-50(80)19-20-51(76)81)30-74(61(88)93-63(6,7)8)31-52(82)92-62(3,4)5/h10-12,15-16,19-20,24-25,42,44,46,89H,9,13-14,17-18,21-23,26-34H2,1-8H3,(H,67,77)(H,68,83)(H,69,84)(H,70,78)(H,71,79)(H,73,86)/t42-,44-,46-,65-/m0/s1. The predicted molar refractivity (Wildman–Crippen MR) is 328 cm³/mol. The predicted octanol–water partition coefficient (Wildman–Crippen LogP) is 2.23. The molecule has 9 rings (SSSR count). The van der Waals surface area contributed by atoms with Gasteiger partial charge in [0.15, 0.2) is 5.60 Å². The van der Waals surface area contributed by atoms with Crippen LogP contribution in [0, 0.1) is 18.2 Å². The zero-order valence-electron chi connectivity index (χ0n) is 53.1. The maximum Gasteiger partial charge on any atom is 0.410 e. The van der Waals surface area contributed by atoms with Crippen molar-refractivity contribution in [3.63, 3.8) is 0 Å². The number of imide groups is 1. The summed E-state index contributed by atoms with van der Waals surface area (Å²) in [6, 6.07) is 7.85. The number of cyclic esters (lactones) is 1. The van der Waals surface area contributed by atoms with E-state index in [2.05, 4.69) is 31.9 Å². The first-order valence-electron chi connectivity index (χ1n) is 30.8. The quantitative estimate of drug-likeness (QED) is 0.0162. The minimum absolute atomic E-state index is 0.0472. The number of aryl methyl sites for hydroxylation is 1. The molecule has 27 nitrogen and oxygen atoms in total. The number of rotatable bonds is 23. The molecule has 0 spiro atoms. The molecule has 4 aromatic rings. The van der Waals surface area contributed by atoms with Crippen molar-refractivity contribution in [3.05, 3.63) is 110 Å². The number of ether oxygens (including phenoxy) is 4. The first-order chi connectivity index (χ1) is 43.9. The molecule has 93 heavy (non-hydrogen) atoms. The zero-order valence-corrected chi connectivity index (χ0v) is 53.1. The Hall–Kier alpha value is -9.44. The lowest BCUT2D eigenvalue weighted by Gasteiger charge is -2.34. The highest BCUT2D eigenvalue weighted by atomic mass is 19.1. The van der Waals surface area contributed by atoms with Gasteiger partial charge in [-0.05, 0) is 109 Å². The van der Waals surface area contributed by atoms with Gasteiger partial charge in [-0.1, -0.05) is 50.1 Å². The van der Waals surface area contributed by atoms with Crippen molar-refractivity contribution in [1.29, 1.82) is 0 Å². The number of hydrogen-bond acceptors (Lipinski definition) is 18. The highest BCUT2D eigenvalue weighted by Crippen LogP contribution is 2.47. The third kappa shape index (κ3) is 15.1. The van der Waals surface area contributed by atoms with Crippen molar-refractivity contribution >= 4 is 76.2 Å². The Morgan fingerprint density at radius 3 is 2.13 bits per heavy atom. The molecule has 0 radical (unpaired) electrons. The van der Waals surface area contributed by atoms with Crippen LogP contribution in [0.4, 0.5) is 9.18 Å². The van der Waals surface area contributed by atoms with Gasteiger partial charge in [0.1, 0.15) is 49.0 Å². The number of aliphatic hydroxyl groups is 1. The molecule has 7 N–H and O–H groups in total. The first kappa shape index (κ1) is 67.9. The number of nitrogens with zero attached hydrogens (tertiary/aromatic N) is 4. The van der Waals surface area contributed by atoms with Crippen molar-refractivity contribution in [3.8, 4) is 11.4 Å². The summed E-state index contributed by atoms with van der Waals surface area (Å²) >= 11 is 0. The van der Waals surface area contributed by atoms with Gasteiger partial charge in [-0.25, -0.2) is 19.0 Å². The van der Waals surface area contributed by atoms with E-state index in [9.17, 15) is 62.6 Å². The summed E-state index contributed by atoms with van der Waals surface area (Å²) in [6.07, 6.45) is 3.78. The normalized spacial score (nSPS) is 18.3. The number of benzene rings is 2. The van der Waals surface area contributed by atoms with Gasteiger partial charge in [0.05, 0.1) is 73.3 Å². The second-order valence-corrected chi connectivity index (χ2v) is 25.8. The van der Waals surface area contributed by atoms with Crippen LogP contribution >= 0.6 is 0 Å². The number of pyridine rings is 2. The monoisotopic (exact) mass is 1290 g/mol. The number of hydrogen-bond donors (Lipinski definition) is 7. The van der Waals surface area contributed by atoms with Crippen molar-refractivity contribution in [2.75, 3.05) is 46.1 Å². The average Bonchev–Trinajstić information content (AvgIpc) is 1.62. The Bertz CT molecular complexity index is 3790. The molecule has 9 amide bonds. The van der Waals surface area contributed by atoms with E-state index in [1.165, 1.54) is 10.6 Å². The molecule has 1 saturated carbocycles. The smallest absolute Gasteiger partial charge is 0.410 e. The van der Waals surface area contributed by atoms with Gasteiger partial charge in [0.25, 0.3) is 17.4 Å². The first-order valence-corrected chi connectivity index (χ1v) is 30.8. The number of carbonyl (C=O) groups is 11. The van der Waals surface area contributed by atoms with E-state index in [4.69, 9.17) is 23.9 Å². The fraction of sp³-hybridized carbons (Fsp3) is 0.492. The Morgan fingerprint density at radius 1 is 0.828 bits per heavy atom. The van der Waals surface area contributed by atoms with Crippen LogP contribution in [0.25, 0.3) is 22.3 Å². The van der Waals surface area contributed by atoms with Gasteiger partial charge < -0.3 is 60.5 Å². The van der Waals surface area contributed by atoms with Gasteiger partial charge in [-0.15, -0.1) is 0 Å². The Kier molecular flexibility index (Phi) is 20.0. The summed E-state index contributed by atoms with van der Waals surface area (Å²) in [5, 5.41) is 27.7. The zero-order chi connectivity index (χ0) is 67.5. The molecule has 2 aliphatic carbocycles. The largest absolute Gasteiger partial charge is 0.459 e. The summed E-state index contributed by atoms with van der Waals surface area (Å²) < 4.78 is 39.2. The maximum atomic E-state index is 15.6. The van der Waals surface area contributed by atoms with Gasteiger partial charge in [-0.2, -0.15) is 0 Å². The molecular weight excluding hydrogens is 1210 g/mol. The van der Waals surface area contributed by atoms with Gasteiger partial charge in [-0.3, -0.25) is 57.7 Å². The van der Waals surface area contributed by atoms with Crippen LogP contribution < -0.4 is 37.5 Å². The van der Waals surface area contributed by atoms with Crippen molar-refractivity contribution < 1.29 is 81.2 Å². The fourth-order valence-electron chi connectivity index (χ4n) is 12.3. The summed E-state index contributed by atoms with van der Waals surface area (Å²) in [5.74, 6) is -8.66. The van der Waals surface area contributed by atoms with Gasteiger partial charge in [0, 0.05) is 41.2 Å². The lowest BCUT2D eigenvalue weighted by molar-refractivity contribution is -0.172. The second kappa shape index (κ2) is 27.4. The van der Waals surface area contributed by atoms with E-state index in [-0.39, 0.29) is 56.4 Å². The van der Waals surface area contributed by atoms with Crippen molar-refractivity contribution in [2.24, 2.45) is 5.41 Å². The molecule has 3 aliphatic heterocycles. The van der Waals surface area contributed by atoms with Crippen LogP contribution in [0.5, 0.6) is 0 Å². The third-order valence-corrected chi connectivity index (χ3v) is 16.9. The van der Waals surface area contributed by atoms with Crippen molar-refractivity contribution in [1.82, 2.24) is 51.3 Å². The van der Waals surface area contributed by atoms with Crippen LogP contribution in [0.15, 0.2) is 59.4 Å². The van der Waals surface area contributed by atoms with Crippen LogP contribution in [0.2, 0.25) is 0 Å². The lowest BCUT2D eigenvalue weighted by Crippen LogP contribution is -2.57. The Labute approximate surface area is 534 Å². The van der Waals surface area contributed by atoms with Crippen molar-refractivity contribution in [2.45, 2.75) is 155 Å². The van der Waals surface area contributed by atoms with Crippen LogP contribution in [-0.2, 0) is 98.5 Å². The highest BCUT2D eigenvalue weighted by Gasteiger charge is 2.48. The number of carbonyl (C=O) groups excluding carboxylic acids is 11. The molecule has 2 aromatic carbocycles. The number of aromatic nitrogens is 2. The Morgan fingerprint density at radius 2 is 1.47 bits per heavy atom. The third-order valence-electron chi connectivity index (χ3n) is 16.9. The van der Waals surface area contributed by atoms with Gasteiger partial charge in [0.2, 0.25) is 35.4 Å². The van der Waals surface area contributed by atoms with E-state index in [0.717, 1.165) is 22.6 Å². The molecule has 4 atom stereocenters. The summed E-state index contributed by atoms with van der Waals surface area (Å²) in [6.45, 7) is 8.48. The van der Waals surface area contributed by atoms with Crippen LogP contribution in [-0.4, -0.2) is 159 Å². The summed E-state index contributed by atoms with van der Waals surface area (Å²) in [4.78, 5) is 167. The number of nitrogens with one attached hydrogen (secondary N) is 6. The molecule has 5 aliphatic rings. The SMILES string of the molecule is CC[C@@]1(O)C(=O)OCc2c1cc1n(c2=O)Cc2c-1nc1cc(F)c(C)c3c1c2[C@@H](NC(=O)C1(COCNC(=O)CNC(=O)[C@H](Cc2ccccc2)NC(=O)CNC(=O)CNC(=O)[C@H](CN(CC(=O)OC(C)(C)C)C(=O)OC(C)(C)C)N2C(=O)C=CC2=O)CCCC1)CC3. The van der Waals surface area contributed by atoms with E-state index >= 15 is 4.39 Å². The number of halogens is 1. The lowest BCUT2D eigenvalue weighted by atomic mass is 9.80. The number of fused-ring (bicyclic) bond motifs is 5. The van der Waals surface area contributed by atoms with E-state index in [1.807, 2.05) is 0 Å². The molecule has 0 bridgehead atoms. The average molecular weight is 1290 g/mol. The summed E-state index contributed by atoms with van der Waals surface area (Å²) in [5.41, 5.74) is -1.16. The molecule has 1 fully saturated rings. The van der Waals surface area contributed by atoms with Crippen LogP contribution in [0.3, 0.4) is 0 Å². The Balaban J connectivity index is 0.793. The topological polar surface area (TPSA) is 358 Å². The number of amides is 9. The van der Waals surface area contributed by atoms with Crippen LogP contribution in [0.1, 0.15) is 132 Å². The van der Waals surface area contributed by atoms with Gasteiger partial charge >= 0.3 is 18.0 Å². The fourth-order valence-corrected chi connectivity index (χ4v) is 12.3. The molecule has 5 heterocycles. The number of esters is 2. The molecule has 0 saturated heterocycles. The molecule has 0 unspecified atom stereocenters. The second-order valence-electron chi connectivity index (χ2n) is 25.8. The molecular formula is C65H77FN10O17. The molecule has 2 aromatic heterocycles. The van der Waals surface area contributed by atoms with E-state index in [0.29, 0.717) is 88.0 Å². The highest BCUT2D eigenvalue weighted by molar-refractivity contribution is 6.15. The van der Waals surface area contributed by atoms with E-state index in [1.54, 1.807) is 91.8 Å². The molecule has 28 heteroatoms. The minimum atomic E-state index is -2.07. The molecule has 496 valence electrons. The maximum absolute atomic E-state index is 15.6. The summed E-state index contributed by atoms with van der Waals surface area (Å²) in [7, 11) is 0. The van der Waals surface area contributed by atoms with E-state index < -0.39 is 144 Å².